The van der Waals surface area contributed by atoms with Crippen molar-refractivity contribution < 1.29 is 31.5 Å². The number of halogens is 6. The molecule has 0 aromatic heterocycles. The quantitative estimate of drug-likeness (QED) is 0.626. The van der Waals surface area contributed by atoms with Crippen molar-refractivity contribution in [3.05, 3.63) is 29.8 Å². The zero-order chi connectivity index (χ0) is 14.0. The molecule has 0 aliphatic rings. The number of hydrogen-bond donors (Lipinski definition) is 0. The molecule has 0 N–H and O–H groups in total. The van der Waals surface area contributed by atoms with E-state index >= 15 is 0 Å². The topological polar surface area (TPSA) is 26.3 Å². The van der Waals surface area contributed by atoms with Crippen molar-refractivity contribution in [3.8, 4) is 5.75 Å². The maximum atomic E-state index is 12.3. The number of Topliss-reactive ketones (excluding diaryl/α,β-unsaturated/α-hetero) is 1. The van der Waals surface area contributed by atoms with Gasteiger partial charge < -0.3 is 4.74 Å². The van der Waals surface area contributed by atoms with Crippen LogP contribution in [-0.4, -0.2) is 17.5 Å². The van der Waals surface area contributed by atoms with E-state index in [9.17, 15) is 26.7 Å². The van der Waals surface area contributed by atoms with Gasteiger partial charge in [-0.2, -0.15) is 8.78 Å². The lowest BCUT2D eigenvalue weighted by Crippen LogP contribution is -2.23. The van der Waals surface area contributed by atoms with Crippen LogP contribution in [0.3, 0.4) is 0 Å². The van der Waals surface area contributed by atoms with Gasteiger partial charge in [0.1, 0.15) is 5.75 Å². The summed E-state index contributed by atoms with van der Waals surface area (Å²) >= 11 is 4.50. The van der Waals surface area contributed by atoms with Crippen molar-refractivity contribution in [3.63, 3.8) is 0 Å². The Hall–Kier alpha value is -1.37. The molecule has 8 heteroatoms. The number of carbonyl (C=O) groups excluding carboxylic acids is 1. The van der Waals surface area contributed by atoms with E-state index in [1.54, 1.807) is 0 Å². The predicted molar refractivity (Wildman–Crippen MR) is 52.6 cm³/mol. The standard InChI is InChI=1S/C10H6ClF5O2/c11-9(12,13)8(17)5-6-1-3-7(4-2-6)18-10(14,15)16/h1-4H,5H2. The van der Waals surface area contributed by atoms with Crippen LogP contribution < -0.4 is 4.74 Å². The normalized spacial score (nSPS) is 12.3. The maximum absolute atomic E-state index is 12.3. The second-order valence-electron chi connectivity index (χ2n) is 3.29. The van der Waals surface area contributed by atoms with Crippen LogP contribution in [0, 0.1) is 0 Å². The molecule has 0 aliphatic heterocycles. The highest BCUT2D eigenvalue weighted by atomic mass is 35.5. The molecular formula is C10H6ClF5O2. The molecule has 0 fully saturated rings. The Morgan fingerprint density at radius 3 is 2.00 bits per heavy atom. The minimum Gasteiger partial charge on any atom is -0.406 e. The predicted octanol–water partition coefficient (Wildman–Crippen LogP) is 3.53. The van der Waals surface area contributed by atoms with Gasteiger partial charge in [0.2, 0.25) is 5.78 Å². The molecule has 0 atom stereocenters. The Balaban J connectivity index is 2.70. The summed E-state index contributed by atoms with van der Waals surface area (Å²) in [6.45, 7) is 0. The Labute approximate surface area is 103 Å². The van der Waals surface area contributed by atoms with Gasteiger partial charge >= 0.3 is 11.7 Å². The Bertz CT molecular complexity index is 421. The van der Waals surface area contributed by atoms with Gasteiger partial charge in [-0.05, 0) is 29.3 Å². The van der Waals surface area contributed by atoms with Gasteiger partial charge in [0.05, 0.1) is 0 Å². The Kier molecular flexibility index (Phi) is 4.16. The third kappa shape index (κ3) is 4.87. The number of hydrogen-bond acceptors (Lipinski definition) is 2. The Morgan fingerprint density at radius 2 is 1.61 bits per heavy atom. The third-order valence-electron chi connectivity index (χ3n) is 1.84. The first kappa shape index (κ1) is 14.7. The van der Waals surface area contributed by atoms with E-state index in [1.807, 2.05) is 0 Å². The number of benzene rings is 1. The van der Waals surface area contributed by atoms with Crippen LogP contribution in [0.2, 0.25) is 0 Å². The molecule has 0 aliphatic carbocycles. The van der Waals surface area contributed by atoms with Crippen molar-refractivity contribution >= 4 is 17.4 Å². The summed E-state index contributed by atoms with van der Waals surface area (Å²) in [6.07, 6.45) is -5.51. The zero-order valence-electron chi connectivity index (χ0n) is 8.60. The second-order valence-corrected chi connectivity index (χ2v) is 3.76. The van der Waals surface area contributed by atoms with Crippen LogP contribution in [0.15, 0.2) is 24.3 Å². The number of alkyl halides is 6. The minimum atomic E-state index is -4.83. The van der Waals surface area contributed by atoms with Crippen molar-refractivity contribution in [2.75, 3.05) is 0 Å². The highest BCUT2D eigenvalue weighted by Gasteiger charge is 2.35. The number of ether oxygens (including phenoxy) is 1. The van der Waals surface area contributed by atoms with Crippen LogP contribution in [0.1, 0.15) is 5.56 Å². The molecule has 1 aromatic carbocycles. The van der Waals surface area contributed by atoms with Crippen molar-refractivity contribution in [2.45, 2.75) is 18.2 Å². The minimum absolute atomic E-state index is 0.106. The summed E-state index contributed by atoms with van der Waals surface area (Å²) in [5, 5.41) is -3.98. The maximum Gasteiger partial charge on any atom is 0.573 e. The fourth-order valence-electron chi connectivity index (χ4n) is 1.09. The summed E-state index contributed by atoms with van der Waals surface area (Å²) in [5.74, 6) is -2.04. The lowest BCUT2D eigenvalue weighted by atomic mass is 10.1. The molecule has 0 unspecified atom stereocenters. The Morgan fingerprint density at radius 1 is 1.11 bits per heavy atom. The number of ketones is 1. The van der Waals surface area contributed by atoms with Gasteiger partial charge in [0, 0.05) is 6.42 Å². The average molecular weight is 289 g/mol. The summed E-state index contributed by atoms with van der Waals surface area (Å²) in [6, 6.07) is 3.98. The van der Waals surface area contributed by atoms with E-state index in [0.29, 0.717) is 0 Å². The smallest absolute Gasteiger partial charge is 0.406 e. The first-order valence-electron chi connectivity index (χ1n) is 4.52. The largest absolute Gasteiger partial charge is 0.573 e. The van der Waals surface area contributed by atoms with Gasteiger partial charge in [-0.25, -0.2) is 0 Å². The fraction of sp³-hybridized carbons (Fsp3) is 0.300. The van der Waals surface area contributed by atoms with E-state index in [2.05, 4.69) is 16.3 Å². The molecule has 18 heavy (non-hydrogen) atoms. The van der Waals surface area contributed by atoms with Gasteiger partial charge in [-0.1, -0.05) is 12.1 Å². The van der Waals surface area contributed by atoms with Crippen LogP contribution in [0.4, 0.5) is 22.0 Å². The monoisotopic (exact) mass is 288 g/mol. The van der Waals surface area contributed by atoms with E-state index in [1.165, 1.54) is 0 Å². The summed E-state index contributed by atoms with van der Waals surface area (Å²) in [7, 11) is 0. The van der Waals surface area contributed by atoms with Gasteiger partial charge in [0.15, 0.2) is 0 Å². The van der Waals surface area contributed by atoms with Crippen LogP contribution in [0.25, 0.3) is 0 Å². The van der Waals surface area contributed by atoms with Crippen molar-refractivity contribution in [2.24, 2.45) is 0 Å². The van der Waals surface area contributed by atoms with Crippen LogP contribution >= 0.6 is 11.6 Å². The van der Waals surface area contributed by atoms with Crippen molar-refractivity contribution in [1.29, 1.82) is 0 Å². The van der Waals surface area contributed by atoms with Gasteiger partial charge in [-0.3, -0.25) is 4.79 Å². The molecule has 0 bridgehead atoms. The molecule has 0 radical (unpaired) electrons. The van der Waals surface area contributed by atoms with Crippen molar-refractivity contribution in [1.82, 2.24) is 0 Å². The molecule has 1 rings (SSSR count). The van der Waals surface area contributed by atoms with Crippen LogP contribution in [0.5, 0.6) is 5.75 Å². The highest BCUT2D eigenvalue weighted by molar-refractivity contribution is 6.32. The molecule has 1 aromatic rings. The van der Waals surface area contributed by atoms with E-state index in [4.69, 9.17) is 0 Å². The molecular weight excluding hydrogens is 283 g/mol. The highest BCUT2D eigenvalue weighted by Crippen LogP contribution is 2.25. The van der Waals surface area contributed by atoms with Gasteiger partial charge in [-0.15, -0.1) is 13.2 Å². The number of carbonyl (C=O) groups is 1. The molecule has 100 valence electrons. The SMILES string of the molecule is O=C(Cc1ccc(OC(F)(F)F)cc1)C(F)(F)Cl. The van der Waals surface area contributed by atoms with E-state index in [-0.39, 0.29) is 5.56 Å². The number of rotatable bonds is 4. The summed E-state index contributed by atoms with van der Waals surface area (Å²) < 4.78 is 63.7. The third-order valence-corrected chi connectivity index (χ3v) is 2.05. The molecule has 0 saturated carbocycles. The van der Waals surface area contributed by atoms with E-state index in [0.717, 1.165) is 24.3 Å². The summed E-state index contributed by atoms with van der Waals surface area (Å²) in [5.41, 5.74) is 0.106. The first-order chi connectivity index (χ1) is 8.08. The average Bonchev–Trinajstić information content (AvgIpc) is 2.17. The molecule has 2 nitrogen and oxygen atoms in total. The first-order valence-corrected chi connectivity index (χ1v) is 4.90. The van der Waals surface area contributed by atoms with Gasteiger partial charge in [0.25, 0.3) is 0 Å². The molecule has 0 spiro atoms. The molecule has 0 saturated heterocycles. The molecule has 0 amide bonds. The lowest BCUT2D eigenvalue weighted by molar-refractivity contribution is -0.274. The lowest BCUT2D eigenvalue weighted by Gasteiger charge is -2.10. The van der Waals surface area contributed by atoms with E-state index < -0.39 is 29.7 Å². The fourth-order valence-corrected chi connectivity index (χ4v) is 1.16. The summed E-state index contributed by atoms with van der Waals surface area (Å²) in [4.78, 5) is 10.9. The second kappa shape index (κ2) is 5.09. The molecule has 0 heterocycles. The zero-order valence-corrected chi connectivity index (χ0v) is 9.36. The van der Waals surface area contributed by atoms with Crippen LogP contribution in [-0.2, 0) is 11.2 Å².